The molecule has 25 heavy (non-hydrogen) atoms. The van der Waals surface area contributed by atoms with Crippen LogP contribution in [0.5, 0.6) is 11.5 Å². The number of hydrogen-bond acceptors (Lipinski definition) is 5. The molecule has 1 heterocycles. The van der Waals surface area contributed by atoms with Crippen LogP contribution in [0.3, 0.4) is 0 Å². The quantitative estimate of drug-likeness (QED) is 0.813. The minimum atomic E-state index is -1.04. The van der Waals surface area contributed by atoms with Gasteiger partial charge in [0.15, 0.2) is 11.5 Å². The van der Waals surface area contributed by atoms with Gasteiger partial charge >= 0.3 is 5.97 Å². The van der Waals surface area contributed by atoms with Gasteiger partial charge in [-0.05, 0) is 43.5 Å². The van der Waals surface area contributed by atoms with Gasteiger partial charge in [-0.1, -0.05) is 6.92 Å². The smallest absolute Gasteiger partial charge is 0.339 e. The summed E-state index contributed by atoms with van der Waals surface area (Å²) in [6, 6.07) is 3.30. The minimum Gasteiger partial charge on any atom is -0.493 e. The predicted octanol–water partition coefficient (Wildman–Crippen LogP) is 3.90. The van der Waals surface area contributed by atoms with E-state index in [1.165, 1.54) is 25.6 Å². The van der Waals surface area contributed by atoms with Crippen LogP contribution in [0.2, 0.25) is 0 Å². The maximum atomic E-state index is 12.7. The van der Waals surface area contributed by atoms with Gasteiger partial charge in [0.1, 0.15) is 5.00 Å². The van der Waals surface area contributed by atoms with Crippen LogP contribution in [0.15, 0.2) is 12.1 Å². The second-order valence-electron chi connectivity index (χ2n) is 5.48. The van der Waals surface area contributed by atoms with Gasteiger partial charge in [-0.3, -0.25) is 4.79 Å². The maximum absolute atomic E-state index is 12.7. The number of carbonyl (C=O) groups excluding carboxylic acids is 1. The molecule has 2 N–H and O–H groups in total. The van der Waals surface area contributed by atoms with E-state index in [-0.39, 0.29) is 11.5 Å². The van der Waals surface area contributed by atoms with E-state index in [0.717, 1.165) is 10.4 Å². The zero-order valence-electron chi connectivity index (χ0n) is 14.9. The van der Waals surface area contributed by atoms with Crippen LogP contribution in [0, 0.1) is 13.8 Å². The molecule has 6 nitrogen and oxygen atoms in total. The highest BCUT2D eigenvalue weighted by molar-refractivity contribution is 7.16. The molecule has 0 spiro atoms. The summed E-state index contributed by atoms with van der Waals surface area (Å²) in [6.45, 7) is 5.53. The van der Waals surface area contributed by atoms with E-state index >= 15 is 0 Å². The summed E-state index contributed by atoms with van der Waals surface area (Å²) < 4.78 is 10.5. The van der Waals surface area contributed by atoms with Crippen LogP contribution >= 0.6 is 11.3 Å². The van der Waals surface area contributed by atoms with E-state index in [9.17, 15) is 14.7 Å². The van der Waals surface area contributed by atoms with Gasteiger partial charge in [-0.2, -0.15) is 0 Å². The normalized spacial score (nSPS) is 10.4. The van der Waals surface area contributed by atoms with E-state index in [2.05, 4.69) is 5.32 Å². The lowest BCUT2D eigenvalue weighted by molar-refractivity contribution is 0.0697. The van der Waals surface area contributed by atoms with Crippen LogP contribution < -0.4 is 14.8 Å². The zero-order chi connectivity index (χ0) is 18.7. The molecule has 0 unspecified atom stereocenters. The molecule has 2 rings (SSSR count). The third-order valence-corrected chi connectivity index (χ3v) is 5.04. The number of amides is 1. The first-order valence-corrected chi connectivity index (χ1v) is 8.55. The van der Waals surface area contributed by atoms with Crippen molar-refractivity contribution >= 4 is 28.2 Å². The molecule has 0 radical (unpaired) electrons. The fourth-order valence-corrected chi connectivity index (χ4v) is 3.85. The predicted molar refractivity (Wildman–Crippen MR) is 97.6 cm³/mol. The van der Waals surface area contributed by atoms with Gasteiger partial charge in [0, 0.05) is 10.4 Å². The van der Waals surface area contributed by atoms with Gasteiger partial charge in [-0.15, -0.1) is 11.3 Å². The van der Waals surface area contributed by atoms with Gasteiger partial charge in [0.2, 0.25) is 0 Å². The first kappa shape index (κ1) is 18.8. The average Bonchev–Trinajstić information content (AvgIpc) is 2.89. The molecule has 7 heteroatoms. The minimum absolute atomic E-state index is 0.163. The molecule has 0 bridgehead atoms. The number of aryl methyl sites for hydroxylation is 2. The number of aromatic carboxylic acids is 1. The van der Waals surface area contributed by atoms with Gasteiger partial charge in [0.25, 0.3) is 5.91 Å². The van der Waals surface area contributed by atoms with Crippen LogP contribution in [-0.2, 0) is 6.42 Å². The maximum Gasteiger partial charge on any atom is 0.339 e. The van der Waals surface area contributed by atoms with Crippen molar-refractivity contribution in [2.75, 3.05) is 19.5 Å². The van der Waals surface area contributed by atoms with Crippen molar-refractivity contribution < 1.29 is 24.2 Å². The molecule has 1 aromatic heterocycles. The molecule has 0 aliphatic heterocycles. The Morgan fingerprint density at radius 2 is 1.76 bits per heavy atom. The topological polar surface area (TPSA) is 84.9 Å². The first-order chi connectivity index (χ1) is 11.8. The summed E-state index contributed by atoms with van der Waals surface area (Å²) in [4.78, 5) is 25.2. The average molecular weight is 363 g/mol. The van der Waals surface area contributed by atoms with E-state index < -0.39 is 5.97 Å². The molecule has 0 aliphatic rings. The van der Waals surface area contributed by atoms with Crippen molar-refractivity contribution in [3.8, 4) is 11.5 Å². The highest BCUT2D eigenvalue weighted by Crippen LogP contribution is 2.35. The standard InChI is InChI=1S/C18H21NO5S/c1-6-11-10(3)25-17(15(11)18(21)22)19-16(20)12-8-14(24-5)13(23-4)7-9(12)2/h7-8H,6H2,1-5H3,(H,19,20)(H,21,22). The Hall–Kier alpha value is -2.54. The molecule has 0 saturated heterocycles. The number of carbonyl (C=O) groups is 2. The second-order valence-corrected chi connectivity index (χ2v) is 6.70. The van der Waals surface area contributed by atoms with Crippen molar-refractivity contribution in [1.29, 1.82) is 0 Å². The number of benzene rings is 1. The fourth-order valence-electron chi connectivity index (χ4n) is 2.71. The number of anilines is 1. The third kappa shape index (κ3) is 3.61. The second kappa shape index (κ2) is 7.57. The Kier molecular flexibility index (Phi) is 5.69. The molecule has 1 amide bonds. The highest BCUT2D eigenvalue weighted by atomic mass is 32.1. The Morgan fingerprint density at radius 1 is 1.16 bits per heavy atom. The van der Waals surface area contributed by atoms with E-state index in [1.54, 1.807) is 19.1 Å². The summed E-state index contributed by atoms with van der Waals surface area (Å²) in [7, 11) is 3.02. The van der Waals surface area contributed by atoms with Gasteiger partial charge < -0.3 is 19.9 Å². The van der Waals surface area contributed by atoms with Crippen molar-refractivity contribution in [3.05, 3.63) is 39.3 Å². The number of methoxy groups -OCH3 is 2. The monoisotopic (exact) mass is 363 g/mol. The van der Waals surface area contributed by atoms with Crippen LogP contribution in [0.25, 0.3) is 0 Å². The molecule has 0 aliphatic carbocycles. The van der Waals surface area contributed by atoms with Crippen LogP contribution in [0.1, 0.15) is 43.6 Å². The van der Waals surface area contributed by atoms with Crippen molar-refractivity contribution in [3.63, 3.8) is 0 Å². The SMILES string of the molecule is CCc1c(C)sc(NC(=O)c2cc(OC)c(OC)cc2C)c1C(=O)O. The zero-order valence-corrected chi connectivity index (χ0v) is 15.7. The third-order valence-electron chi connectivity index (χ3n) is 3.98. The number of carboxylic acids is 1. The lowest BCUT2D eigenvalue weighted by atomic mass is 10.1. The van der Waals surface area contributed by atoms with Crippen molar-refractivity contribution in [1.82, 2.24) is 0 Å². The Labute approximate surface area is 150 Å². The Bertz CT molecular complexity index is 825. The van der Waals surface area contributed by atoms with Crippen molar-refractivity contribution in [2.24, 2.45) is 0 Å². The van der Waals surface area contributed by atoms with Crippen LogP contribution in [-0.4, -0.2) is 31.2 Å². The summed E-state index contributed by atoms with van der Waals surface area (Å²) in [6.07, 6.45) is 0.592. The largest absolute Gasteiger partial charge is 0.493 e. The van der Waals surface area contributed by atoms with Crippen molar-refractivity contribution in [2.45, 2.75) is 27.2 Å². The number of hydrogen-bond donors (Lipinski definition) is 2. The lowest BCUT2D eigenvalue weighted by Crippen LogP contribution is -2.15. The van der Waals surface area contributed by atoms with E-state index in [1.807, 2.05) is 13.8 Å². The molecular weight excluding hydrogens is 342 g/mol. The summed E-state index contributed by atoms with van der Waals surface area (Å²) in [5.41, 5.74) is 2.02. The molecule has 0 fully saturated rings. The van der Waals surface area contributed by atoms with E-state index in [0.29, 0.717) is 34.0 Å². The van der Waals surface area contributed by atoms with Gasteiger partial charge in [-0.25, -0.2) is 4.79 Å². The number of rotatable bonds is 6. The summed E-state index contributed by atoms with van der Waals surface area (Å²) in [5, 5.41) is 12.6. The molecular formula is C18H21NO5S. The number of nitrogens with one attached hydrogen (secondary N) is 1. The summed E-state index contributed by atoms with van der Waals surface area (Å²) >= 11 is 1.27. The fraction of sp³-hybridized carbons (Fsp3) is 0.333. The summed E-state index contributed by atoms with van der Waals surface area (Å²) in [5.74, 6) is -0.457. The molecule has 0 saturated carbocycles. The molecule has 134 valence electrons. The molecule has 1 aromatic carbocycles. The molecule has 0 atom stereocenters. The first-order valence-electron chi connectivity index (χ1n) is 7.73. The Morgan fingerprint density at radius 3 is 2.28 bits per heavy atom. The van der Waals surface area contributed by atoms with E-state index in [4.69, 9.17) is 9.47 Å². The Balaban J connectivity index is 2.43. The number of carboxylic acid groups (broad SMARTS) is 1. The number of ether oxygens (including phenoxy) is 2. The number of thiophene rings is 1. The van der Waals surface area contributed by atoms with Gasteiger partial charge in [0.05, 0.1) is 19.8 Å². The highest BCUT2D eigenvalue weighted by Gasteiger charge is 2.23. The van der Waals surface area contributed by atoms with Crippen LogP contribution in [0.4, 0.5) is 5.00 Å². The lowest BCUT2D eigenvalue weighted by Gasteiger charge is -2.12. The molecule has 2 aromatic rings.